The minimum absolute atomic E-state index is 0.346. The van der Waals surface area contributed by atoms with Gasteiger partial charge in [-0.15, -0.1) is 18.9 Å². The summed E-state index contributed by atoms with van der Waals surface area (Å²) in [5.74, 6) is 2.41. The zero-order chi connectivity index (χ0) is 7.98. The number of aliphatic hydroxyl groups is 1. The van der Waals surface area contributed by atoms with E-state index in [-0.39, 0.29) is 6.10 Å². The summed E-state index contributed by atoms with van der Waals surface area (Å²) in [7, 11) is 0. The lowest BCUT2D eigenvalue weighted by molar-refractivity contribution is 0.170. The van der Waals surface area contributed by atoms with Crippen LogP contribution >= 0.6 is 0 Å². The Hall–Kier alpha value is -0.740. The van der Waals surface area contributed by atoms with E-state index in [0.717, 1.165) is 18.4 Å². The molecule has 1 nitrogen and oxygen atoms in total. The fraction of sp³-hybridized carbons (Fsp3) is 0.556. The van der Waals surface area contributed by atoms with Crippen molar-refractivity contribution in [1.82, 2.24) is 0 Å². The van der Waals surface area contributed by atoms with Gasteiger partial charge in [0.25, 0.3) is 0 Å². The lowest BCUT2D eigenvalue weighted by atomic mass is 10.1. The Bertz CT molecular complexity index is 141. The van der Waals surface area contributed by atoms with Crippen LogP contribution in [0.25, 0.3) is 0 Å². The smallest absolute Gasteiger partial charge is 0.0652 e. The second-order valence-corrected chi connectivity index (χ2v) is 2.56. The quantitative estimate of drug-likeness (QED) is 0.463. The first-order chi connectivity index (χ1) is 4.66. The van der Waals surface area contributed by atoms with Crippen molar-refractivity contribution in [3.05, 3.63) is 12.2 Å². The Labute approximate surface area is 62.8 Å². The summed E-state index contributed by atoms with van der Waals surface area (Å²) in [6.45, 7) is 5.67. The summed E-state index contributed by atoms with van der Waals surface area (Å²) in [6, 6.07) is 0. The first-order valence-electron chi connectivity index (χ1n) is 3.42. The summed E-state index contributed by atoms with van der Waals surface area (Å²) >= 11 is 0. The molecule has 1 heteroatoms. The SMILES string of the molecule is C#CCC(O)CCC(=C)C. The molecule has 0 fully saturated rings. The maximum Gasteiger partial charge on any atom is 0.0652 e. The third kappa shape index (κ3) is 5.40. The standard InChI is InChI=1S/C9H14O/c1-4-5-9(10)7-6-8(2)3/h1,9-10H,2,5-7H2,3H3. The van der Waals surface area contributed by atoms with E-state index in [1.165, 1.54) is 0 Å². The zero-order valence-electron chi connectivity index (χ0n) is 6.43. The first kappa shape index (κ1) is 9.26. The average molecular weight is 138 g/mol. The van der Waals surface area contributed by atoms with Gasteiger partial charge in [-0.2, -0.15) is 0 Å². The molecule has 10 heavy (non-hydrogen) atoms. The predicted molar refractivity (Wildman–Crippen MR) is 43.5 cm³/mol. The number of allylic oxidation sites excluding steroid dienone is 1. The van der Waals surface area contributed by atoms with Crippen LogP contribution < -0.4 is 0 Å². The van der Waals surface area contributed by atoms with Gasteiger partial charge < -0.3 is 5.11 Å². The number of aliphatic hydroxyl groups excluding tert-OH is 1. The summed E-state index contributed by atoms with van der Waals surface area (Å²) in [4.78, 5) is 0. The van der Waals surface area contributed by atoms with Crippen LogP contribution in [-0.4, -0.2) is 11.2 Å². The highest BCUT2D eigenvalue weighted by Crippen LogP contribution is 2.06. The van der Waals surface area contributed by atoms with Gasteiger partial charge in [0.1, 0.15) is 0 Å². The molecule has 56 valence electrons. The van der Waals surface area contributed by atoms with Gasteiger partial charge in [0, 0.05) is 6.42 Å². The maximum atomic E-state index is 9.11. The van der Waals surface area contributed by atoms with Crippen molar-refractivity contribution >= 4 is 0 Å². The van der Waals surface area contributed by atoms with Gasteiger partial charge in [-0.25, -0.2) is 0 Å². The van der Waals surface area contributed by atoms with Crippen molar-refractivity contribution in [3.8, 4) is 12.3 Å². The molecule has 1 unspecified atom stereocenters. The number of hydrogen-bond donors (Lipinski definition) is 1. The molecule has 0 aliphatic heterocycles. The van der Waals surface area contributed by atoms with Crippen molar-refractivity contribution in [1.29, 1.82) is 0 Å². The van der Waals surface area contributed by atoms with E-state index < -0.39 is 0 Å². The predicted octanol–water partition coefficient (Wildman–Crippen LogP) is 1.73. The molecule has 0 aliphatic carbocycles. The third-order valence-corrected chi connectivity index (χ3v) is 1.26. The highest BCUT2D eigenvalue weighted by Gasteiger charge is 2.00. The molecule has 0 saturated heterocycles. The van der Waals surface area contributed by atoms with Gasteiger partial charge in [-0.1, -0.05) is 5.57 Å². The molecule has 0 amide bonds. The van der Waals surface area contributed by atoms with Crippen LogP contribution in [0.15, 0.2) is 12.2 Å². The highest BCUT2D eigenvalue weighted by atomic mass is 16.3. The Balaban J connectivity index is 3.32. The minimum Gasteiger partial charge on any atom is -0.392 e. The van der Waals surface area contributed by atoms with Gasteiger partial charge in [0.15, 0.2) is 0 Å². The van der Waals surface area contributed by atoms with Crippen LogP contribution in [0, 0.1) is 12.3 Å². The maximum absolute atomic E-state index is 9.11. The Morgan fingerprint density at radius 1 is 1.80 bits per heavy atom. The topological polar surface area (TPSA) is 20.2 Å². The van der Waals surface area contributed by atoms with Crippen molar-refractivity contribution in [2.75, 3.05) is 0 Å². The molecule has 0 rings (SSSR count). The van der Waals surface area contributed by atoms with Gasteiger partial charge in [0.05, 0.1) is 6.10 Å². The van der Waals surface area contributed by atoms with Gasteiger partial charge in [0.2, 0.25) is 0 Å². The summed E-state index contributed by atoms with van der Waals surface area (Å²) in [5, 5.41) is 9.11. The van der Waals surface area contributed by atoms with Crippen molar-refractivity contribution < 1.29 is 5.11 Å². The fourth-order valence-electron chi connectivity index (χ4n) is 0.651. The minimum atomic E-state index is -0.346. The lowest BCUT2D eigenvalue weighted by Gasteiger charge is -2.04. The largest absolute Gasteiger partial charge is 0.392 e. The molecule has 0 spiro atoms. The zero-order valence-corrected chi connectivity index (χ0v) is 6.43. The van der Waals surface area contributed by atoms with E-state index in [2.05, 4.69) is 12.5 Å². The molecule has 0 aliphatic rings. The van der Waals surface area contributed by atoms with Crippen LogP contribution in [0.3, 0.4) is 0 Å². The second-order valence-electron chi connectivity index (χ2n) is 2.56. The summed E-state index contributed by atoms with van der Waals surface area (Å²) < 4.78 is 0. The van der Waals surface area contributed by atoms with Gasteiger partial charge >= 0.3 is 0 Å². The monoisotopic (exact) mass is 138 g/mol. The van der Waals surface area contributed by atoms with Crippen LogP contribution in [0.5, 0.6) is 0 Å². The lowest BCUT2D eigenvalue weighted by Crippen LogP contribution is -2.04. The van der Waals surface area contributed by atoms with Crippen molar-refractivity contribution in [2.24, 2.45) is 0 Å². The fourth-order valence-corrected chi connectivity index (χ4v) is 0.651. The van der Waals surface area contributed by atoms with E-state index in [1.807, 2.05) is 6.92 Å². The van der Waals surface area contributed by atoms with E-state index in [9.17, 15) is 0 Å². The molecule has 0 aromatic heterocycles. The first-order valence-corrected chi connectivity index (χ1v) is 3.42. The summed E-state index contributed by atoms with van der Waals surface area (Å²) in [6.07, 6.45) is 6.71. The van der Waals surface area contributed by atoms with Crippen molar-refractivity contribution in [3.63, 3.8) is 0 Å². The molecule has 0 bridgehead atoms. The Morgan fingerprint density at radius 3 is 2.80 bits per heavy atom. The van der Waals surface area contributed by atoms with Gasteiger partial charge in [-0.05, 0) is 19.8 Å². The van der Waals surface area contributed by atoms with Crippen LogP contribution in [0.2, 0.25) is 0 Å². The molecular formula is C9H14O. The van der Waals surface area contributed by atoms with E-state index in [0.29, 0.717) is 6.42 Å². The average Bonchev–Trinajstić information content (AvgIpc) is 1.85. The molecule has 1 atom stereocenters. The molecule has 0 heterocycles. The van der Waals surface area contributed by atoms with Gasteiger partial charge in [-0.3, -0.25) is 0 Å². The van der Waals surface area contributed by atoms with E-state index in [4.69, 9.17) is 11.5 Å². The van der Waals surface area contributed by atoms with E-state index in [1.54, 1.807) is 0 Å². The molecular weight excluding hydrogens is 124 g/mol. The number of hydrogen-bond acceptors (Lipinski definition) is 1. The second kappa shape index (κ2) is 5.08. The Kier molecular flexibility index (Phi) is 4.70. The molecule has 1 N–H and O–H groups in total. The van der Waals surface area contributed by atoms with E-state index >= 15 is 0 Å². The molecule has 0 radical (unpaired) electrons. The summed E-state index contributed by atoms with van der Waals surface area (Å²) in [5.41, 5.74) is 1.09. The normalized spacial score (nSPS) is 12.1. The highest BCUT2D eigenvalue weighted by molar-refractivity contribution is 4.91. The molecule has 0 aromatic carbocycles. The van der Waals surface area contributed by atoms with Crippen LogP contribution in [-0.2, 0) is 0 Å². The molecule has 0 saturated carbocycles. The third-order valence-electron chi connectivity index (χ3n) is 1.26. The number of terminal acetylenes is 1. The van der Waals surface area contributed by atoms with Crippen molar-refractivity contribution in [2.45, 2.75) is 32.3 Å². The molecule has 0 aromatic rings. The number of rotatable bonds is 4. The Morgan fingerprint density at radius 2 is 2.40 bits per heavy atom. The van der Waals surface area contributed by atoms with Crippen LogP contribution in [0.1, 0.15) is 26.2 Å². The van der Waals surface area contributed by atoms with Crippen LogP contribution in [0.4, 0.5) is 0 Å².